The number of sulfonamides is 1. The van der Waals surface area contributed by atoms with Gasteiger partial charge in [0.1, 0.15) is 0 Å². The highest BCUT2D eigenvalue weighted by atomic mass is 32.2. The number of benzene rings is 2. The molecule has 0 unspecified atom stereocenters. The van der Waals surface area contributed by atoms with Crippen LogP contribution in [-0.4, -0.2) is 73.6 Å². The Morgan fingerprint density at radius 1 is 0.906 bits per heavy atom. The predicted molar refractivity (Wildman–Crippen MR) is 124 cm³/mol. The Kier molecular flexibility index (Phi) is 7.69. The molecule has 1 aliphatic heterocycles. The molecular weight excluding hydrogens is 426 g/mol. The molecule has 3 rings (SSSR count). The van der Waals surface area contributed by atoms with E-state index in [9.17, 15) is 18.0 Å². The van der Waals surface area contributed by atoms with Crippen molar-refractivity contribution in [2.24, 2.45) is 0 Å². The van der Waals surface area contributed by atoms with E-state index in [1.807, 2.05) is 39.0 Å². The summed E-state index contributed by atoms with van der Waals surface area (Å²) in [4.78, 5) is 28.9. The van der Waals surface area contributed by atoms with E-state index in [-0.39, 0.29) is 23.3 Å². The van der Waals surface area contributed by atoms with Crippen LogP contribution in [0.2, 0.25) is 0 Å². The number of rotatable bonds is 6. The Labute approximate surface area is 190 Å². The topological polar surface area (TPSA) is 78.0 Å². The van der Waals surface area contributed by atoms with Gasteiger partial charge in [0.05, 0.1) is 4.90 Å². The average molecular weight is 458 g/mol. The lowest BCUT2D eigenvalue weighted by molar-refractivity contribution is 0.0760. The second-order valence-corrected chi connectivity index (χ2v) is 9.86. The number of hydrogen-bond acceptors (Lipinski definition) is 4. The van der Waals surface area contributed by atoms with Crippen LogP contribution in [0.25, 0.3) is 0 Å². The second kappa shape index (κ2) is 10.3. The minimum atomic E-state index is -3.71. The zero-order chi connectivity index (χ0) is 23.3. The molecule has 0 atom stereocenters. The first-order chi connectivity index (χ1) is 15.3. The van der Waals surface area contributed by atoms with Crippen molar-refractivity contribution in [2.45, 2.75) is 32.1 Å². The van der Waals surface area contributed by atoms with Crippen molar-refractivity contribution in [3.05, 3.63) is 65.2 Å². The van der Waals surface area contributed by atoms with Crippen LogP contribution < -0.4 is 0 Å². The highest BCUT2D eigenvalue weighted by Crippen LogP contribution is 2.20. The van der Waals surface area contributed by atoms with Crippen LogP contribution in [0.15, 0.2) is 53.4 Å². The number of nitrogens with zero attached hydrogens (tertiary/aromatic N) is 3. The number of amides is 2. The molecule has 2 amide bonds. The van der Waals surface area contributed by atoms with Gasteiger partial charge in [-0.05, 0) is 63.6 Å². The fraction of sp³-hybridized carbons (Fsp3) is 0.417. The van der Waals surface area contributed by atoms with Crippen molar-refractivity contribution in [2.75, 3.05) is 39.3 Å². The standard InChI is InChI=1S/C24H31N3O4S/c1-4-25(5-2)23(28)20-10-12-22(13-11-20)32(30,31)27-15-7-14-26(16-17-27)24(29)21-9-6-8-19(3)18-21/h6,8-13,18H,4-5,7,14-17H2,1-3H3. The second-order valence-electron chi connectivity index (χ2n) is 7.92. The van der Waals surface area contributed by atoms with Crippen molar-refractivity contribution >= 4 is 21.8 Å². The highest BCUT2D eigenvalue weighted by molar-refractivity contribution is 7.89. The van der Waals surface area contributed by atoms with Gasteiger partial charge in [-0.3, -0.25) is 9.59 Å². The third-order valence-corrected chi connectivity index (χ3v) is 7.71. The van der Waals surface area contributed by atoms with E-state index in [0.29, 0.717) is 50.3 Å². The van der Waals surface area contributed by atoms with Gasteiger partial charge in [-0.1, -0.05) is 17.7 Å². The smallest absolute Gasteiger partial charge is 0.253 e. The maximum absolute atomic E-state index is 13.2. The summed E-state index contributed by atoms with van der Waals surface area (Å²) in [7, 11) is -3.71. The third-order valence-electron chi connectivity index (χ3n) is 5.80. The zero-order valence-corrected chi connectivity index (χ0v) is 19.8. The monoisotopic (exact) mass is 457 g/mol. The summed E-state index contributed by atoms with van der Waals surface area (Å²) in [5.41, 5.74) is 2.10. The first-order valence-corrected chi connectivity index (χ1v) is 12.5. The molecule has 2 aromatic rings. The molecule has 1 aliphatic rings. The lowest BCUT2D eigenvalue weighted by atomic mass is 10.1. The number of carbonyl (C=O) groups is 2. The average Bonchev–Trinajstić information content (AvgIpc) is 3.06. The number of aryl methyl sites for hydroxylation is 1. The lowest BCUT2D eigenvalue weighted by Crippen LogP contribution is -2.37. The van der Waals surface area contributed by atoms with Crippen molar-refractivity contribution in [1.29, 1.82) is 0 Å². The van der Waals surface area contributed by atoms with Crippen molar-refractivity contribution < 1.29 is 18.0 Å². The molecule has 1 heterocycles. The first-order valence-electron chi connectivity index (χ1n) is 11.0. The molecule has 2 aromatic carbocycles. The minimum absolute atomic E-state index is 0.0767. The third kappa shape index (κ3) is 5.19. The SMILES string of the molecule is CCN(CC)C(=O)c1ccc(S(=O)(=O)N2CCCN(C(=O)c3cccc(C)c3)CC2)cc1. The Hall–Kier alpha value is -2.71. The molecule has 0 radical (unpaired) electrons. The normalized spacial score (nSPS) is 15.3. The summed E-state index contributed by atoms with van der Waals surface area (Å²) < 4.78 is 27.8. The summed E-state index contributed by atoms with van der Waals surface area (Å²) in [6.07, 6.45) is 0.565. The molecule has 0 aliphatic carbocycles. The molecule has 32 heavy (non-hydrogen) atoms. The van der Waals surface area contributed by atoms with E-state index in [1.165, 1.54) is 16.4 Å². The molecule has 172 valence electrons. The Morgan fingerprint density at radius 3 is 2.22 bits per heavy atom. The molecule has 0 bridgehead atoms. The van der Waals surface area contributed by atoms with Crippen LogP contribution in [0.1, 0.15) is 46.5 Å². The Morgan fingerprint density at radius 2 is 1.59 bits per heavy atom. The van der Waals surface area contributed by atoms with E-state index in [4.69, 9.17) is 0 Å². The van der Waals surface area contributed by atoms with Gasteiger partial charge in [-0.2, -0.15) is 4.31 Å². The van der Waals surface area contributed by atoms with Gasteiger partial charge in [0, 0.05) is 50.4 Å². The van der Waals surface area contributed by atoms with E-state index >= 15 is 0 Å². The van der Waals surface area contributed by atoms with Gasteiger partial charge >= 0.3 is 0 Å². The molecule has 8 heteroatoms. The van der Waals surface area contributed by atoms with Crippen LogP contribution in [0.5, 0.6) is 0 Å². The quantitative estimate of drug-likeness (QED) is 0.668. The van der Waals surface area contributed by atoms with Crippen LogP contribution >= 0.6 is 0 Å². The summed E-state index contributed by atoms with van der Waals surface area (Å²) in [5, 5.41) is 0. The van der Waals surface area contributed by atoms with Gasteiger partial charge in [0.2, 0.25) is 10.0 Å². The highest BCUT2D eigenvalue weighted by Gasteiger charge is 2.29. The van der Waals surface area contributed by atoms with Crippen LogP contribution in [0.3, 0.4) is 0 Å². The summed E-state index contributed by atoms with van der Waals surface area (Å²) in [6, 6.07) is 13.6. The molecule has 1 fully saturated rings. The predicted octanol–water partition coefficient (Wildman–Crippen LogP) is 3.01. The largest absolute Gasteiger partial charge is 0.339 e. The summed E-state index contributed by atoms with van der Waals surface area (Å²) in [6.45, 7) is 8.38. The van der Waals surface area contributed by atoms with Crippen molar-refractivity contribution in [3.8, 4) is 0 Å². The van der Waals surface area contributed by atoms with E-state index in [0.717, 1.165) is 5.56 Å². The number of carbonyl (C=O) groups excluding carboxylic acids is 2. The van der Waals surface area contributed by atoms with Crippen molar-refractivity contribution in [3.63, 3.8) is 0 Å². The number of hydrogen-bond donors (Lipinski definition) is 0. The minimum Gasteiger partial charge on any atom is -0.339 e. The maximum atomic E-state index is 13.2. The van der Waals surface area contributed by atoms with Gasteiger partial charge in [0.25, 0.3) is 11.8 Å². The maximum Gasteiger partial charge on any atom is 0.253 e. The Balaban J connectivity index is 1.71. The van der Waals surface area contributed by atoms with Crippen molar-refractivity contribution in [1.82, 2.24) is 14.1 Å². The van der Waals surface area contributed by atoms with Crippen LogP contribution in [-0.2, 0) is 10.0 Å². The van der Waals surface area contributed by atoms with Gasteiger partial charge < -0.3 is 9.80 Å². The van der Waals surface area contributed by atoms with Crippen LogP contribution in [0, 0.1) is 6.92 Å². The van der Waals surface area contributed by atoms with Gasteiger partial charge in [-0.15, -0.1) is 0 Å². The molecule has 0 aromatic heterocycles. The molecule has 0 saturated carbocycles. The molecule has 0 N–H and O–H groups in total. The molecule has 7 nitrogen and oxygen atoms in total. The van der Waals surface area contributed by atoms with E-state index in [1.54, 1.807) is 28.0 Å². The fourth-order valence-corrected chi connectivity index (χ4v) is 5.38. The van der Waals surface area contributed by atoms with E-state index in [2.05, 4.69) is 0 Å². The summed E-state index contributed by atoms with van der Waals surface area (Å²) >= 11 is 0. The molecular formula is C24H31N3O4S. The van der Waals surface area contributed by atoms with Gasteiger partial charge in [0.15, 0.2) is 0 Å². The van der Waals surface area contributed by atoms with Gasteiger partial charge in [-0.25, -0.2) is 8.42 Å². The molecule has 1 saturated heterocycles. The van der Waals surface area contributed by atoms with E-state index < -0.39 is 10.0 Å². The Bertz CT molecular complexity index is 1060. The van der Waals surface area contributed by atoms with Crippen LogP contribution in [0.4, 0.5) is 0 Å². The fourth-order valence-electron chi connectivity index (χ4n) is 3.91. The first kappa shape index (κ1) is 23.9. The lowest BCUT2D eigenvalue weighted by Gasteiger charge is -2.22. The zero-order valence-electron chi connectivity index (χ0n) is 19.0. The molecule has 0 spiro atoms. The summed E-state index contributed by atoms with van der Waals surface area (Å²) in [5.74, 6) is -0.189.